The second kappa shape index (κ2) is 12.1. The molecule has 6 heteroatoms. The lowest BCUT2D eigenvalue weighted by molar-refractivity contribution is -0.121. The quantitative estimate of drug-likeness (QED) is 0.187. The largest absolute Gasteiger partial charge is 0.414 e. The van der Waals surface area contributed by atoms with Crippen molar-refractivity contribution in [2.75, 3.05) is 6.61 Å². The molecule has 0 radical (unpaired) electrons. The molecule has 4 nitrogen and oxygen atoms in total. The van der Waals surface area contributed by atoms with Crippen molar-refractivity contribution in [3.05, 3.63) is 11.6 Å². The normalized spacial score (nSPS) is 37.7. The lowest BCUT2D eigenvalue weighted by Crippen LogP contribution is -2.60. The first-order valence-corrected chi connectivity index (χ1v) is 23.5. The average Bonchev–Trinajstić information content (AvgIpc) is 3.20. The fourth-order valence-corrected chi connectivity index (χ4v) is 12.1. The molecule has 0 aromatic carbocycles. The highest BCUT2D eigenvalue weighted by Gasteiger charge is 2.62. The molecular weight excluding hydrogens is 565 g/mol. The van der Waals surface area contributed by atoms with Crippen LogP contribution in [0.25, 0.3) is 0 Å². The third kappa shape index (κ3) is 6.62. The van der Waals surface area contributed by atoms with Crippen LogP contribution in [0.3, 0.4) is 0 Å². The first kappa shape index (κ1) is 35.6. The van der Waals surface area contributed by atoms with Crippen LogP contribution in [0.15, 0.2) is 11.6 Å². The molecule has 0 amide bonds. The monoisotopic (exact) mass is 632 g/mol. The van der Waals surface area contributed by atoms with Crippen molar-refractivity contribution in [1.29, 1.82) is 0 Å². The zero-order valence-electron chi connectivity index (χ0n) is 30.6. The minimum Gasteiger partial charge on any atom is -0.414 e. The van der Waals surface area contributed by atoms with Gasteiger partial charge in [-0.15, -0.1) is 0 Å². The van der Waals surface area contributed by atoms with Gasteiger partial charge in [-0.1, -0.05) is 67.0 Å². The minimum absolute atomic E-state index is 0.0781. The van der Waals surface area contributed by atoms with E-state index in [2.05, 4.69) is 94.6 Å². The van der Waals surface area contributed by atoms with Gasteiger partial charge >= 0.3 is 0 Å². The number of fused-ring (bicyclic) bond motifs is 5. The van der Waals surface area contributed by atoms with Crippen molar-refractivity contribution in [1.82, 2.24) is 0 Å². The summed E-state index contributed by atoms with van der Waals surface area (Å²) in [5.41, 5.74) is 2.04. The second-order valence-corrected chi connectivity index (χ2v) is 28.2. The van der Waals surface area contributed by atoms with Gasteiger partial charge in [0.15, 0.2) is 16.6 Å². The Hall–Kier alpha value is -0.276. The number of hydrogen-bond acceptors (Lipinski definition) is 4. The summed E-state index contributed by atoms with van der Waals surface area (Å²) >= 11 is 0. The fraction of sp³-hybridized carbons (Fsp3) is 0.919. The first-order valence-electron chi connectivity index (χ1n) is 17.7. The van der Waals surface area contributed by atoms with E-state index in [0.29, 0.717) is 36.2 Å². The van der Waals surface area contributed by atoms with E-state index in [1.807, 2.05) is 0 Å². The highest BCUT2D eigenvalue weighted by Crippen LogP contribution is 2.67. The van der Waals surface area contributed by atoms with E-state index in [1.165, 1.54) is 32.1 Å². The maximum Gasteiger partial charge on any atom is 0.192 e. The molecule has 9 atom stereocenters. The summed E-state index contributed by atoms with van der Waals surface area (Å²) in [6.07, 6.45) is 12.3. The summed E-state index contributed by atoms with van der Waals surface area (Å²) in [7, 11) is -3.89. The number of hydrogen-bond donors (Lipinski definition) is 0. The van der Waals surface area contributed by atoms with Gasteiger partial charge in [-0.25, -0.2) is 0 Å². The Labute approximate surface area is 268 Å². The Morgan fingerprint density at radius 3 is 2.14 bits per heavy atom. The molecule has 248 valence electrons. The Morgan fingerprint density at radius 2 is 1.56 bits per heavy atom. The van der Waals surface area contributed by atoms with Crippen molar-refractivity contribution >= 4 is 22.4 Å². The smallest absolute Gasteiger partial charge is 0.192 e. The molecule has 0 spiro atoms. The van der Waals surface area contributed by atoms with Crippen LogP contribution in [0, 0.1) is 34.5 Å². The van der Waals surface area contributed by atoms with Crippen LogP contribution in [0.5, 0.6) is 0 Å². The lowest BCUT2D eigenvalue weighted by Gasteiger charge is -2.62. The molecule has 3 fully saturated rings. The third-order valence-corrected chi connectivity index (χ3v) is 23.1. The average molecular weight is 633 g/mol. The highest BCUT2D eigenvalue weighted by atomic mass is 28.4. The second-order valence-electron chi connectivity index (χ2n) is 18.7. The number of carbonyl (C=O) groups is 1. The lowest BCUT2D eigenvalue weighted by atomic mass is 9.46. The van der Waals surface area contributed by atoms with Gasteiger partial charge in [0.2, 0.25) is 0 Å². The third-order valence-electron chi connectivity index (χ3n) is 14.1. The maximum absolute atomic E-state index is 11.5. The summed E-state index contributed by atoms with van der Waals surface area (Å²) in [6.45, 7) is 33.7. The van der Waals surface area contributed by atoms with Gasteiger partial charge in [-0.3, -0.25) is 4.79 Å². The fourth-order valence-electron chi connectivity index (χ4n) is 9.36. The number of carbonyl (C=O) groups excluding carboxylic acids is 1. The summed E-state index contributed by atoms with van der Waals surface area (Å²) in [5, 5.41) is 0.381. The van der Waals surface area contributed by atoms with Crippen molar-refractivity contribution in [2.45, 2.75) is 175 Å². The molecule has 0 aromatic rings. The molecule has 0 unspecified atom stereocenters. The van der Waals surface area contributed by atoms with E-state index in [-0.39, 0.29) is 39.6 Å². The van der Waals surface area contributed by atoms with Gasteiger partial charge in [-0.2, -0.15) is 0 Å². The van der Waals surface area contributed by atoms with Crippen molar-refractivity contribution in [3.8, 4) is 0 Å². The molecule has 4 aliphatic rings. The maximum atomic E-state index is 11.5. The molecular formula is C37H68O4Si2. The summed E-state index contributed by atoms with van der Waals surface area (Å²) in [6, 6.07) is 0. The first-order chi connectivity index (χ1) is 19.5. The molecule has 3 saturated carbocycles. The van der Waals surface area contributed by atoms with Crippen molar-refractivity contribution in [2.24, 2.45) is 34.5 Å². The van der Waals surface area contributed by atoms with E-state index in [9.17, 15) is 4.79 Å². The SMILES string of the molecule is CC(=O)CCO[C@@H](C)[C@H]1CC[C@H]2[C@@H]3CC=C4C[C@@H](O[Si](C)(C)C(C)(C)C)C[C@H](O[Si](C)(C)C(C)(C)C)[C@]4(C)[C@H]3CC[C@]12C. The zero-order valence-corrected chi connectivity index (χ0v) is 32.6. The van der Waals surface area contributed by atoms with Gasteiger partial charge in [0, 0.05) is 11.8 Å². The van der Waals surface area contributed by atoms with Crippen LogP contribution < -0.4 is 0 Å². The molecule has 4 rings (SSSR count). The minimum atomic E-state index is -2.00. The topological polar surface area (TPSA) is 44.8 Å². The number of Topliss-reactive ketones (excluding diaryl/α,β-unsaturated/α-hetero) is 1. The van der Waals surface area contributed by atoms with Crippen LogP contribution >= 0.6 is 0 Å². The van der Waals surface area contributed by atoms with Crippen LogP contribution in [-0.4, -0.2) is 47.3 Å². The van der Waals surface area contributed by atoms with Crippen LogP contribution in [0.4, 0.5) is 0 Å². The summed E-state index contributed by atoms with van der Waals surface area (Å²) in [4.78, 5) is 11.5. The van der Waals surface area contributed by atoms with Crippen molar-refractivity contribution < 1.29 is 18.4 Å². The molecule has 43 heavy (non-hydrogen) atoms. The molecule has 0 aromatic heterocycles. The molecule has 0 bridgehead atoms. The molecule has 0 aliphatic heterocycles. The standard InChI is InChI=1S/C37H68O4Si2/c1-25(38)20-22-39-26(2)30-17-18-31-29-16-15-27-23-28(40-42(11,12)34(3,4)5)24-33(41-43(13,14)35(6,7)8)37(27,10)32(29)19-21-36(30,31)9/h15,26,28-33H,16-24H2,1-14H3/t26-,28+,29-,30+,31-,32-,33-,36+,37-/m0/s1. The number of ether oxygens (including phenoxy) is 1. The van der Waals surface area contributed by atoms with Gasteiger partial charge in [-0.05, 0) is 124 Å². The Morgan fingerprint density at radius 1 is 0.953 bits per heavy atom. The van der Waals surface area contributed by atoms with E-state index in [4.69, 9.17) is 13.6 Å². The highest BCUT2D eigenvalue weighted by molar-refractivity contribution is 6.74. The molecule has 0 N–H and O–H groups in total. The van der Waals surface area contributed by atoms with E-state index in [1.54, 1.807) is 12.5 Å². The van der Waals surface area contributed by atoms with Gasteiger partial charge in [0.1, 0.15) is 5.78 Å². The van der Waals surface area contributed by atoms with E-state index < -0.39 is 16.6 Å². The van der Waals surface area contributed by atoms with E-state index in [0.717, 1.165) is 18.8 Å². The van der Waals surface area contributed by atoms with Crippen LogP contribution in [0.1, 0.15) is 121 Å². The number of ketones is 1. The van der Waals surface area contributed by atoms with E-state index >= 15 is 0 Å². The molecule has 0 heterocycles. The number of rotatable bonds is 9. The van der Waals surface area contributed by atoms with Gasteiger partial charge in [0.25, 0.3) is 0 Å². The van der Waals surface area contributed by atoms with Crippen LogP contribution in [-0.2, 0) is 18.4 Å². The van der Waals surface area contributed by atoms with Gasteiger partial charge < -0.3 is 13.6 Å². The zero-order chi connectivity index (χ0) is 32.4. The van der Waals surface area contributed by atoms with Crippen molar-refractivity contribution in [3.63, 3.8) is 0 Å². The predicted molar refractivity (Wildman–Crippen MR) is 185 cm³/mol. The van der Waals surface area contributed by atoms with Crippen LogP contribution in [0.2, 0.25) is 36.3 Å². The number of allylic oxidation sites excluding steroid dienone is 1. The Bertz CT molecular complexity index is 1050. The Kier molecular flexibility index (Phi) is 9.98. The predicted octanol–water partition coefficient (Wildman–Crippen LogP) is 10.3. The van der Waals surface area contributed by atoms with Gasteiger partial charge in [0.05, 0.1) is 24.9 Å². The summed E-state index contributed by atoms with van der Waals surface area (Å²) < 4.78 is 21.0. The molecule has 0 saturated heterocycles. The molecule has 4 aliphatic carbocycles. The summed E-state index contributed by atoms with van der Waals surface area (Å²) in [5.74, 6) is 2.92. The Balaban J connectivity index is 1.64.